The van der Waals surface area contributed by atoms with Gasteiger partial charge in [0.15, 0.2) is 11.5 Å². The lowest BCUT2D eigenvalue weighted by molar-refractivity contribution is 0.111. The van der Waals surface area contributed by atoms with Crippen molar-refractivity contribution in [3.8, 4) is 11.5 Å². The van der Waals surface area contributed by atoms with Gasteiger partial charge in [-0.1, -0.05) is 0 Å². The first-order chi connectivity index (χ1) is 10.3. The first-order valence-corrected chi connectivity index (χ1v) is 7.58. The molecule has 1 aromatic rings. The molecule has 0 saturated carbocycles. The van der Waals surface area contributed by atoms with E-state index in [1.807, 2.05) is 18.2 Å². The lowest BCUT2D eigenvalue weighted by atomic mass is 10.1. The summed E-state index contributed by atoms with van der Waals surface area (Å²) in [5.74, 6) is 2.55. The molecule has 0 spiro atoms. The van der Waals surface area contributed by atoms with Crippen LogP contribution in [0.5, 0.6) is 11.5 Å². The van der Waals surface area contributed by atoms with Crippen molar-refractivity contribution in [2.24, 2.45) is 4.99 Å². The van der Waals surface area contributed by atoms with Gasteiger partial charge < -0.3 is 19.7 Å². The lowest BCUT2D eigenvalue weighted by Crippen LogP contribution is -2.35. The molecule has 0 bridgehead atoms. The van der Waals surface area contributed by atoms with E-state index in [2.05, 4.69) is 22.3 Å². The maximum Gasteiger partial charge on any atom is 0.161 e. The third kappa shape index (κ3) is 3.29. The van der Waals surface area contributed by atoms with Gasteiger partial charge in [0.1, 0.15) is 11.9 Å². The fourth-order valence-electron chi connectivity index (χ4n) is 2.79. The molecule has 1 aromatic carbocycles. The van der Waals surface area contributed by atoms with Crippen LogP contribution in [0.1, 0.15) is 18.4 Å². The van der Waals surface area contributed by atoms with Crippen LogP contribution < -0.4 is 14.8 Å². The van der Waals surface area contributed by atoms with E-state index in [1.54, 1.807) is 7.11 Å². The van der Waals surface area contributed by atoms with E-state index in [0.29, 0.717) is 0 Å². The van der Waals surface area contributed by atoms with Crippen molar-refractivity contribution < 1.29 is 9.47 Å². The number of rotatable bonds is 4. The highest BCUT2D eigenvalue weighted by Crippen LogP contribution is 2.30. The molecule has 1 saturated heterocycles. The van der Waals surface area contributed by atoms with Gasteiger partial charge in [0.25, 0.3) is 0 Å². The van der Waals surface area contributed by atoms with Crippen LogP contribution in [-0.4, -0.2) is 57.2 Å². The Hall–Kier alpha value is -1.75. The van der Waals surface area contributed by atoms with Crippen LogP contribution in [0.2, 0.25) is 0 Å². The number of nitrogens with one attached hydrogen (secondary N) is 1. The molecule has 0 aromatic heterocycles. The number of hydrogen-bond acceptors (Lipinski definition) is 5. The fraction of sp³-hybridized carbons (Fsp3) is 0.562. The van der Waals surface area contributed by atoms with Crippen molar-refractivity contribution in [1.82, 2.24) is 10.2 Å². The summed E-state index contributed by atoms with van der Waals surface area (Å²) in [6.07, 6.45) is 2.41. The molecule has 0 unspecified atom stereocenters. The molecule has 21 heavy (non-hydrogen) atoms. The first kappa shape index (κ1) is 14.2. The van der Waals surface area contributed by atoms with Crippen LogP contribution in [0.15, 0.2) is 23.2 Å². The van der Waals surface area contributed by atoms with Crippen molar-refractivity contribution in [1.29, 1.82) is 0 Å². The van der Waals surface area contributed by atoms with E-state index in [4.69, 9.17) is 9.47 Å². The summed E-state index contributed by atoms with van der Waals surface area (Å²) in [6.45, 7) is 3.93. The summed E-state index contributed by atoms with van der Waals surface area (Å²) in [6, 6.07) is 6.04. The van der Waals surface area contributed by atoms with Gasteiger partial charge in [-0.05, 0) is 38.1 Å². The van der Waals surface area contributed by atoms with Gasteiger partial charge in [-0.15, -0.1) is 0 Å². The Labute approximate surface area is 126 Å². The molecule has 0 amide bonds. The van der Waals surface area contributed by atoms with Gasteiger partial charge in [0.2, 0.25) is 0 Å². The second-order valence-corrected chi connectivity index (χ2v) is 5.64. The third-order valence-electron chi connectivity index (χ3n) is 4.07. The molecule has 0 radical (unpaired) electrons. The second-order valence-electron chi connectivity index (χ2n) is 5.64. The average Bonchev–Trinajstić information content (AvgIpc) is 3.04. The SMILES string of the molecule is COc1cc(C2=NCCN2)ccc1OC1CCN(C)CC1. The van der Waals surface area contributed by atoms with Crippen LogP contribution in [-0.2, 0) is 0 Å². The maximum atomic E-state index is 6.13. The zero-order chi connectivity index (χ0) is 14.7. The van der Waals surface area contributed by atoms with E-state index in [0.717, 1.165) is 61.9 Å². The van der Waals surface area contributed by atoms with E-state index in [-0.39, 0.29) is 6.10 Å². The summed E-state index contributed by atoms with van der Waals surface area (Å²) < 4.78 is 11.6. The van der Waals surface area contributed by atoms with Gasteiger partial charge in [0.05, 0.1) is 13.7 Å². The number of piperidine rings is 1. The first-order valence-electron chi connectivity index (χ1n) is 7.58. The molecule has 1 N–H and O–H groups in total. The van der Waals surface area contributed by atoms with Gasteiger partial charge in [0, 0.05) is 25.2 Å². The van der Waals surface area contributed by atoms with Crippen LogP contribution in [0.3, 0.4) is 0 Å². The Morgan fingerprint density at radius 3 is 2.71 bits per heavy atom. The van der Waals surface area contributed by atoms with E-state index in [1.165, 1.54) is 0 Å². The van der Waals surface area contributed by atoms with Crippen LogP contribution in [0, 0.1) is 0 Å². The molecular formula is C16H23N3O2. The minimum absolute atomic E-state index is 0.280. The molecule has 5 heteroatoms. The van der Waals surface area contributed by atoms with Crippen molar-refractivity contribution >= 4 is 5.84 Å². The van der Waals surface area contributed by atoms with Gasteiger partial charge in [-0.2, -0.15) is 0 Å². The number of benzene rings is 1. The number of amidine groups is 1. The van der Waals surface area contributed by atoms with Crippen LogP contribution in [0.25, 0.3) is 0 Å². The summed E-state index contributed by atoms with van der Waals surface area (Å²) in [4.78, 5) is 6.78. The normalized spacial score (nSPS) is 20.0. The predicted molar refractivity (Wildman–Crippen MR) is 83.5 cm³/mol. The van der Waals surface area contributed by atoms with E-state index >= 15 is 0 Å². The Bertz CT molecular complexity index is 522. The summed E-state index contributed by atoms with van der Waals surface area (Å²) in [5.41, 5.74) is 1.06. The zero-order valence-electron chi connectivity index (χ0n) is 12.8. The summed E-state index contributed by atoms with van der Waals surface area (Å²) in [7, 11) is 3.84. The van der Waals surface area contributed by atoms with Crippen LogP contribution >= 0.6 is 0 Å². The van der Waals surface area contributed by atoms with Crippen LogP contribution in [0.4, 0.5) is 0 Å². The summed E-state index contributed by atoms with van der Waals surface area (Å²) in [5, 5.41) is 3.28. The minimum Gasteiger partial charge on any atom is -0.493 e. The molecule has 0 atom stereocenters. The van der Waals surface area contributed by atoms with Crippen molar-refractivity contribution in [3.05, 3.63) is 23.8 Å². The molecule has 1 fully saturated rings. The lowest BCUT2D eigenvalue weighted by Gasteiger charge is -2.29. The number of nitrogens with zero attached hydrogens (tertiary/aromatic N) is 2. The highest BCUT2D eigenvalue weighted by molar-refractivity contribution is 6.00. The molecule has 2 aliphatic rings. The van der Waals surface area contributed by atoms with Crippen molar-refractivity contribution in [2.45, 2.75) is 18.9 Å². The number of likely N-dealkylation sites (tertiary alicyclic amines) is 1. The number of aliphatic imine (C=N–C) groups is 1. The van der Waals surface area contributed by atoms with Gasteiger partial charge >= 0.3 is 0 Å². The van der Waals surface area contributed by atoms with E-state index < -0.39 is 0 Å². The molecule has 2 heterocycles. The quantitative estimate of drug-likeness (QED) is 0.913. The third-order valence-corrected chi connectivity index (χ3v) is 4.07. The second kappa shape index (κ2) is 6.35. The molecule has 2 aliphatic heterocycles. The largest absolute Gasteiger partial charge is 0.493 e. The molecule has 5 nitrogen and oxygen atoms in total. The monoisotopic (exact) mass is 289 g/mol. The van der Waals surface area contributed by atoms with Gasteiger partial charge in [-0.3, -0.25) is 4.99 Å². The predicted octanol–water partition coefficient (Wildman–Crippen LogP) is 1.52. The minimum atomic E-state index is 0.280. The highest BCUT2D eigenvalue weighted by Gasteiger charge is 2.20. The molecule has 3 rings (SSSR count). The Balaban J connectivity index is 1.72. The Morgan fingerprint density at radius 2 is 2.05 bits per heavy atom. The Kier molecular flexibility index (Phi) is 4.29. The number of ether oxygens (including phenoxy) is 2. The topological polar surface area (TPSA) is 46.1 Å². The average molecular weight is 289 g/mol. The summed E-state index contributed by atoms with van der Waals surface area (Å²) >= 11 is 0. The van der Waals surface area contributed by atoms with E-state index in [9.17, 15) is 0 Å². The van der Waals surface area contributed by atoms with Gasteiger partial charge in [-0.25, -0.2) is 0 Å². The number of hydrogen-bond donors (Lipinski definition) is 1. The van der Waals surface area contributed by atoms with Crippen molar-refractivity contribution in [3.63, 3.8) is 0 Å². The Morgan fingerprint density at radius 1 is 1.24 bits per heavy atom. The maximum absolute atomic E-state index is 6.13. The highest BCUT2D eigenvalue weighted by atomic mass is 16.5. The fourth-order valence-corrected chi connectivity index (χ4v) is 2.79. The molecular weight excluding hydrogens is 266 g/mol. The zero-order valence-corrected chi connectivity index (χ0v) is 12.8. The number of methoxy groups -OCH3 is 1. The standard InChI is InChI=1S/C16H23N3O2/c1-19-9-5-13(6-10-19)21-14-4-3-12(11-15(14)20-2)16-17-7-8-18-16/h3-4,11,13H,5-10H2,1-2H3,(H,17,18). The molecule has 114 valence electrons. The van der Waals surface area contributed by atoms with Crippen molar-refractivity contribution in [2.75, 3.05) is 40.3 Å². The smallest absolute Gasteiger partial charge is 0.161 e. The molecule has 0 aliphatic carbocycles.